The first-order chi connectivity index (χ1) is 18.4. The summed E-state index contributed by atoms with van der Waals surface area (Å²) in [5.74, 6) is 2.02. The third kappa shape index (κ3) is 5.74. The summed E-state index contributed by atoms with van der Waals surface area (Å²) in [6, 6.07) is 11.4. The largest absolute Gasteiger partial charge is 0.395 e. The highest BCUT2D eigenvalue weighted by Crippen LogP contribution is 2.32. The van der Waals surface area contributed by atoms with Crippen LogP contribution in [0.3, 0.4) is 0 Å². The number of amides is 1. The molecule has 1 aromatic carbocycles. The van der Waals surface area contributed by atoms with Crippen LogP contribution in [0.5, 0.6) is 0 Å². The Kier molecular flexibility index (Phi) is 7.77. The lowest BCUT2D eigenvalue weighted by Crippen LogP contribution is -2.47. The van der Waals surface area contributed by atoms with Gasteiger partial charge in [0.2, 0.25) is 5.95 Å². The number of piperazine rings is 1. The number of aliphatic hydroxyl groups is 1. The summed E-state index contributed by atoms with van der Waals surface area (Å²) in [4.78, 5) is 37.5. The molecule has 198 valence electrons. The van der Waals surface area contributed by atoms with Crippen LogP contribution in [0.1, 0.15) is 23.0 Å². The second kappa shape index (κ2) is 11.4. The van der Waals surface area contributed by atoms with E-state index in [4.69, 9.17) is 9.97 Å². The molecule has 2 N–H and O–H groups in total. The van der Waals surface area contributed by atoms with E-state index in [9.17, 15) is 9.90 Å². The topological polar surface area (TPSA) is 111 Å². The normalized spacial score (nSPS) is 14.2. The van der Waals surface area contributed by atoms with Crippen LogP contribution in [0.25, 0.3) is 20.8 Å². The summed E-state index contributed by atoms with van der Waals surface area (Å²) >= 11 is 1.55. The zero-order chi connectivity index (χ0) is 26.6. The number of aromatic nitrogens is 4. The van der Waals surface area contributed by atoms with Gasteiger partial charge >= 0.3 is 0 Å². The third-order valence-corrected chi connectivity index (χ3v) is 7.68. The number of hydrogen-bond acceptors (Lipinski definition) is 10. The maximum absolute atomic E-state index is 12.6. The molecular weight excluding hydrogens is 500 g/mol. The number of fused-ring (bicyclic) bond motifs is 1. The molecular formula is C27H32N8O2S. The number of carbonyl (C=O) groups is 1. The van der Waals surface area contributed by atoms with Crippen molar-refractivity contribution in [1.29, 1.82) is 0 Å². The summed E-state index contributed by atoms with van der Waals surface area (Å²) in [5.41, 5.74) is 3.26. The van der Waals surface area contributed by atoms with Crippen molar-refractivity contribution in [2.45, 2.75) is 13.8 Å². The molecule has 1 aliphatic heterocycles. The second-order valence-electron chi connectivity index (χ2n) is 9.33. The molecule has 4 aromatic rings. The van der Waals surface area contributed by atoms with Gasteiger partial charge in [0.15, 0.2) is 0 Å². The summed E-state index contributed by atoms with van der Waals surface area (Å²) < 4.78 is 0.966. The number of benzene rings is 1. The van der Waals surface area contributed by atoms with E-state index in [0.29, 0.717) is 36.2 Å². The van der Waals surface area contributed by atoms with Crippen molar-refractivity contribution in [3.05, 3.63) is 53.9 Å². The Labute approximate surface area is 226 Å². The maximum Gasteiger partial charge on any atom is 0.253 e. The van der Waals surface area contributed by atoms with Crippen molar-refractivity contribution in [3.63, 3.8) is 0 Å². The molecule has 1 fully saturated rings. The standard InChI is InChI=1S/C27H32N8O2S/c1-4-33(3)26(37)20-7-5-6-19(15-20)25-30-21-16-23(28-17-22(21)38-25)31-24-14-18(2)29-27(32-24)35-10-8-34(9-11-35)12-13-36/h5-7,14-17,36H,4,8-13H2,1-3H3,(H,28,29,31,32). The lowest BCUT2D eigenvalue weighted by molar-refractivity contribution is 0.0802. The van der Waals surface area contributed by atoms with E-state index in [1.54, 1.807) is 23.3 Å². The van der Waals surface area contributed by atoms with Gasteiger partial charge in [0, 0.05) is 81.5 Å². The fraction of sp³-hybridized carbons (Fsp3) is 0.370. The van der Waals surface area contributed by atoms with Gasteiger partial charge in [-0.2, -0.15) is 4.98 Å². The van der Waals surface area contributed by atoms with Gasteiger partial charge in [-0.15, -0.1) is 11.3 Å². The molecule has 5 rings (SSSR count). The molecule has 4 heterocycles. The number of hydrogen-bond donors (Lipinski definition) is 2. The monoisotopic (exact) mass is 532 g/mol. The van der Waals surface area contributed by atoms with Gasteiger partial charge < -0.3 is 20.2 Å². The van der Waals surface area contributed by atoms with Gasteiger partial charge in [-0.1, -0.05) is 12.1 Å². The highest BCUT2D eigenvalue weighted by Gasteiger charge is 2.19. The first-order valence-corrected chi connectivity index (χ1v) is 13.6. The SMILES string of the molecule is CCN(C)C(=O)c1cccc(-c2nc3cc(Nc4cc(C)nc(N5CCN(CCO)CC5)n4)ncc3s2)c1. The molecule has 1 amide bonds. The van der Waals surface area contributed by atoms with Gasteiger partial charge in [-0.05, 0) is 26.0 Å². The minimum Gasteiger partial charge on any atom is -0.395 e. The molecule has 38 heavy (non-hydrogen) atoms. The zero-order valence-corrected chi connectivity index (χ0v) is 22.7. The van der Waals surface area contributed by atoms with E-state index >= 15 is 0 Å². The Morgan fingerprint density at radius 1 is 1.11 bits per heavy atom. The van der Waals surface area contributed by atoms with Crippen molar-refractivity contribution >= 4 is 45.0 Å². The van der Waals surface area contributed by atoms with E-state index in [2.05, 4.69) is 25.1 Å². The summed E-state index contributed by atoms with van der Waals surface area (Å²) in [7, 11) is 1.80. The molecule has 0 saturated carbocycles. The molecule has 11 heteroatoms. The van der Waals surface area contributed by atoms with Crippen LogP contribution in [-0.2, 0) is 0 Å². The van der Waals surface area contributed by atoms with Crippen LogP contribution >= 0.6 is 11.3 Å². The Bertz CT molecular complexity index is 1430. The molecule has 0 bridgehead atoms. The fourth-order valence-electron chi connectivity index (χ4n) is 4.38. The average molecular weight is 533 g/mol. The predicted molar refractivity (Wildman–Crippen MR) is 151 cm³/mol. The van der Waals surface area contributed by atoms with Gasteiger partial charge in [-0.3, -0.25) is 9.69 Å². The van der Waals surface area contributed by atoms with Gasteiger partial charge in [0.25, 0.3) is 5.91 Å². The molecule has 0 spiro atoms. The van der Waals surface area contributed by atoms with E-state index in [1.807, 2.05) is 56.4 Å². The smallest absolute Gasteiger partial charge is 0.253 e. The van der Waals surface area contributed by atoms with E-state index in [0.717, 1.165) is 52.7 Å². The average Bonchev–Trinajstić information content (AvgIpc) is 3.36. The maximum atomic E-state index is 12.6. The lowest BCUT2D eigenvalue weighted by Gasteiger charge is -2.34. The molecule has 0 aliphatic carbocycles. The minimum atomic E-state index is -0.00448. The predicted octanol–water partition coefficient (Wildman–Crippen LogP) is 3.41. The number of nitrogens with one attached hydrogen (secondary N) is 1. The van der Waals surface area contributed by atoms with Crippen molar-refractivity contribution < 1.29 is 9.90 Å². The highest BCUT2D eigenvalue weighted by molar-refractivity contribution is 7.21. The molecule has 10 nitrogen and oxygen atoms in total. The highest BCUT2D eigenvalue weighted by atomic mass is 32.1. The van der Waals surface area contributed by atoms with Crippen LogP contribution in [0.4, 0.5) is 17.6 Å². The summed E-state index contributed by atoms with van der Waals surface area (Å²) in [5, 5.41) is 13.3. The number of thiazole rings is 1. The van der Waals surface area contributed by atoms with Crippen LogP contribution < -0.4 is 10.2 Å². The van der Waals surface area contributed by atoms with Gasteiger partial charge in [-0.25, -0.2) is 15.0 Å². The van der Waals surface area contributed by atoms with Crippen molar-refractivity contribution in [1.82, 2.24) is 29.7 Å². The number of rotatable bonds is 8. The molecule has 0 radical (unpaired) electrons. The Balaban J connectivity index is 1.34. The molecule has 0 atom stereocenters. The van der Waals surface area contributed by atoms with Crippen LogP contribution in [0.2, 0.25) is 0 Å². The number of aliphatic hydroxyl groups excluding tert-OH is 1. The number of β-amino-alcohol motifs (C(OH)–C–C–N with tert-alkyl or cyclic N) is 1. The Morgan fingerprint density at radius 3 is 2.68 bits per heavy atom. The van der Waals surface area contributed by atoms with Crippen LogP contribution in [0, 0.1) is 6.92 Å². The first kappa shape index (κ1) is 26.0. The number of pyridine rings is 1. The Hall–Kier alpha value is -3.67. The molecule has 1 aliphatic rings. The number of nitrogens with zero attached hydrogens (tertiary/aromatic N) is 7. The summed E-state index contributed by atoms with van der Waals surface area (Å²) in [6.07, 6.45) is 1.81. The minimum absolute atomic E-state index is 0.00448. The number of carbonyl (C=O) groups excluding carboxylic acids is 1. The van der Waals surface area contributed by atoms with E-state index in [-0.39, 0.29) is 12.5 Å². The van der Waals surface area contributed by atoms with Crippen molar-refractivity contribution in [2.24, 2.45) is 0 Å². The second-order valence-corrected chi connectivity index (χ2v) is 10.4. The zero-order valence-electron chi connectivity index (χ0n) is 21.9. The third-order valence-electron chi connectivity index (χ3n) is 6.62. The molecule has 0 unspecified atom stereocenters. The first-order valence-electron chi connectivity index (χ1n) is 12.8. The molecule has 1 saturated heterocycles. The summed E-state index contributed by atoms with van der Waals surface area (Å²) in [6.45, 7) is 8.82. The lowest BCUT2D eigenvalue weighted by atomic mass is 10.1. The number of anilines is 3. The van der Waals surface area contributed by atoms with Gasteiger partial charge in [0.05, 0.1) is 16.8 Å². The van der Waals surface area contributed by atoms with Crippen molar-refractivity contribution in [3.8, 4) is 10.6 Å². The molecule has 3 aromatic heterocycles. The number of aryl methyl sites for hydroxylation is 1. The van der Waals surface area contributed by atoms with Gasteiger partial charge in [0.1, 0.15) is 16.6 Å². The Morgan fingerprint density at radius 2 is 1.92 bits per heavy atom. The fourth-order valence-corrected chi connectivity index (χ4v) is 5.29. The van der Waals surface area contributed by atoms with Crippen LogP contribution in [-0.4, -0.2) is 93.7 Å². The quantitative estimate of drug-likeness (QED) is 0.353. The van der Waals surface area contributed by atoms with E-state index < -0.39 is 0 Å². The van der Waals surface area contributed by atoms with Crippen LogP contribution in [0.15, 0.2) is 42.6 Å². The van der Waals surface area contributed by atoms with E-state index in [1.165, 1.54) is 0 Å². The van der Waals surface area contributed by atoms with Crippen molar-refractivity contribution in [2.75, 3.05) is 63.1 Å².